The third-order valence-corrected chi connectivity index (χ3v) is 4.15. The lowest BCUT2D eigenvalue weighted by Crippen LogP contribution is -2.45. The Hall–Kier alpha value is -2.34. The fourth-order valence-electron chi connectivity index (χ4n) is 2.96. The summed E-state index contributed by atoms with van der Waals surface area (Å²) in [5.41, 5.74) is 2.28. The number of aliphatic hydroxyl groups excluding tert-OH is 1. The van der Waals surface area contributed by atoms with Crippen LogP contribution >= 0.6 is 0 Å². The van der Waals surface area contributed by atoms with Crippen LogP contribution < -0.4 is 5.32 Å². The number of likely N-dealkylation sites (N-methyl/N-ethyl adjacent to an activating group) is 1. The van der Waals surface area contributed by atoms with Crippen LogP contribution in [0.15, 0.2) is 41.6 Å². The molecule has 2 aliphatic heterocycles. The van der Waals surface area contributed by atoms with E-state index in [1.165, 1.54) is 4.90 Å². The summed E-state index contributed by atoms with van der Waals surface area (Å²) >= 11 is 0. The summed E-state index contributed by atoms with van der Waals surface area (Å²) in [5.74, 6) is -0.0656. The van der Waals surface area contributed by atoms with Crippen molar-refractivity contribution in [1.82, 2.24) is 15.1 Å². The van der Waals surface area contributed by atoms with Crippen LogP contribution in [0.4, 0.5) is 4.79 Å². The van der Waals surface area contributed by atoms with Gasteiger partial charge in [-0.1, -0.05) is 30.3 Å². The van der Waals surface area contributed by atoms with E-state index in [1.54, 1.807) is 11.9 Å². The molecular weight excluding hydrogens is 282 g/mol. The van der Waals surface area contributed by atoms with Crippen LogP contribution in [-0.2, 0) is 4.79 Å². The molecule has 3 amide bonds. The lowest BCUT2D eigenvalue weighted by molar-refractivity contribution is -0.125. The van der Waals surface area contributed by atoms with Gasteiger partial charge in [-0.3, -0.25) is 9.69 Å². The monoisotopic (exact) mass is 301 g/mol. The Bertz CT molecular complexity index is 627. The highest BCUT2D eigenvalue weighted by molar-refractivity contribution is 6.01. The van der Waals surface area contributed by atoms with E-state index in [1.807, 2.05) is 30.3 Å². The normalized spacial score (nSPS) is 21.3. The molecule has 2 aliphatic rings. The highest BCUT2D eigenvalue weighted by Crippen LogP contribution is 2.35. The molecule has 0 bridgehead atoms. The molecule has 2 N–H and O–H groups in total. The van der Waals surface area contributed by atoms with Gasteiger partial charge in [0.25, 0.3) is 5.91 Å². The van der Waals surface area contributed by atoms with Crippen LogP contribution in [0, 0.1) is 0 Å². The molecule has 6 heteroatoms. The molecule has 1 aromatic carbocycles. The zero-order valence-corrected chi connectivity index (χ0v) is 12.5. The van der Waals surface area contributed by atoms with Crippen molar-refractivity contribution in [3.63, 3.8) is 0 Å². The molecule has 0 radical (unpaired) electrons. The van der Waals surface area contributed by atoms with Gasteiger partial charge in [0.15, 0.2) is 0 Å². The quantitative estimate of drug-likeness (QED) is 0.866. The third kappa shape index (κ3) is 2.35. The second kappa shape index (κ2) is 5.81. The van der Waals surface area contributed by atoms with Gasteiger partial charge in [0.05, 0.1) is 23.9 Å². The zero-order valence-electron chi connectivity index (χ0n) is 12.5. The highest BCUT2D eigenvalue weighted by Gasteiger charge is 2.42. The van der Waals surface area contributed by atoms with Crippen LogP contribution in [-0.4, -0.2) is 53.6 Å². The van der Waals surface area contributed by atoms with Gasteiger partial charge in [0.2, 0.25) is 0 Å². The summed E-state index contributed by atoms with van der Waals surface area (Å²) in [6.07, 6.45) is 0.535. The number of aliphatic hydroxyl groups is 1. The van der Waals surface area contributed by atoms with Crippen LogP contribution in [0.2, 0.25) is 0 Å². The standard InChI is InChI=1S/C16H19N3O3/c1-18-12-10-19(8-5-9-20)15(21)13(12)14(17-16(18)22)11-6-3-2-4-7-11/h2-4,6-7,14,20H,5,8-10H2,1H3,(H,17,22)/t14-/m0/s1. The van der Waals surface area contributed by atoms with Crippen LogP contribution in [0.3, 0.4) is 0 Å². The Morgan fingerprint density at radius 3 is 2.68 bits per heavy atom. The van der Waals surface area contributed by atoms with Crippen molar-refractivity contribution < 1.29 is 14.7 Å². The maximum Gasteiger partial charge on any atom is 0.322 e. The predicted octanol–water partition coefficient (Wildman–Crippen LogP) is 0.861. The van der Waals surface area contributed by atoms with Gasteiger partial charge in [0, 0.05) is 20.2 Å². The van der Waals surface area contributed by atoms with E-state index >= 15 is 0 Å². The first-order chi connectivity index (χ1) is 10.6. The minimum Gasteiger partial charge on any atom is -0.396 e. The Balaban J connectivity index is 1.96. The van der Waals surface area contributed by atoms with Gasteiger partial charge in [-0.05, 0) is 12.0 Å². The fraction of sp³-hybridized carbons (Fsp3) is 0.375. The Morgan fingerprint density at radius 2 is 2.00 bits per heavy atom. The van der Waals surface area contributed by atoms with Crippen molar-refractivity contribution in [2.75, 3.05) is 26.7 Å². The first kappa shape index (κ1) is 14.6. The molecule has 22 heavy (non-hydrogen) atoms. The number of hydrogen-bond acceptors (Lipinski definition) is 3. The third-order valence-electron chi connectivity index (χ3n) is 4.15. The number of rotatable bonds is 4. The molecule has 0 saturated heterocycles. The van der Waals surface area contributed by atoms with Crippen molar-refractivity contribution in [2.45, 2.75) is 12.5 Å². The molecule has 0 unspecified atom stereocenters. The predicted molar refractivity (Wildman–Crippen MR) is 80.8 cm³/mol. The summed E-state index contributed by atoms with van der Waals surface area (Å²) < 4.78 is 0. The number of urea groups is 1. The second-order valence-corrected chi connectivity index (χ2v) is 5.52. The highest BCUT2D eigenvalue weighted by atomic mass is 16.3. The minimum atomic E-state index is -0.411. The van der Waals surface area contributed by atoms with E-state index in [0.717, 1.165) is 11.3 Å². The molecule has 0 aliphatic carbocycles. The van der Waals surface area contributed by atoms with E-state index in [-0.39, 0.29) is 18.5 Å². The zero-order chi connectivity index (χ0) is 15.7. The van der Waals surface area contributed by atoms with E-state index in [2.05, 4.69) is 5.32 Å². The second-order valence-electron chi connectivity index (χ2n) is 5.52. The van der Waals surface area contributed by atoms with Crippen molar-refractivity contribution >= 4 is 11.9 Å². The molecule has 0 aromatic heterocycles. The van der Waals surface area contributed by atoms with Gasteiger partial charge < -0.3 is 15.3 Å². The minimum absolute atomic E-state index is 0.0452. The lowest BCUT2D eigenvalue weighted by atomic mass is 9.96. The van der Waals surface area contributed by atoms with Crippen LogP contribution in [0.5, 0.6) is 0 Å². The SMILES string of the molecule is CN1C(=O)N[C@@H](c2ccccc2)C2=C1CN(CCCO)C2=O. The van der Waals surface area contributed by atoms with Gasteiger partial charge in [-0.15, -0.1) is 0 Å². The molecule has 0 spiro atoms. The molecule has 1 atom stereocenters. The fourth-order valence-corrected chi connectivity index (χ4v) is 2.96. The molecular formula is C16H19N3O3. The summed E-state index contributed by atoms with van der Waals surface area (Å²) in [7, 11) is 1.68. The number of amides is 3. The molecule has 3 rings (SSSR count). The van der Waals surface area contributed by atoms with E-state index in [4.69, 9.17) is 5.11 Å². The van der Waals surface area contributed by atoms with Gasteiger partial charge >= 0.3 is 6.03 Å². The Labute approximate surface area is 129 Å². The lowest BCUT2D eigenvalue weighted by Gasteiger charge is -2.31. The largest absolute Gasteiger partial charge is 0.396 e. The molecule has 2 heterocycles. The van der Waals surface area contributed by atoms with E-state index in [9.17, 15) is 9.59 Å². The topological polar surface area (TPSA) is 72.9 Å². The number of benzene rings is 1. The van der Waals surface area contributed by atoms with Crippen molar-refractivity contribution in [2.24, 2.45) is 0 Å². The number of nitrogens with zero attached hydrogens (tertiary/aromatic N) is 2. The number of carbonyl (C=O) groups excluding carboxylic acids is 2. The average Bonchev–Trinajstić information content (AvgIpc) is 2.87. The van der Waals surface area contributed by atoms with Crippen molar-refractivity contribution in [3.05, 3.63) is 47.2 Å². The smallest absolute Gasteiger partial charge is 0.322 e. The van der Waals surface area contributed by atoms with Crippen LogP contribution in [0.25, 0.3) is 0 Å². The van der Waals surface area contributed by atoms with Crippen molar-refractivity contribution in [3.8, 4) is 0 Å². The van der Waals surface area contributed by atoms with Crippen molar-refractivity contribution in [1.29, 1.82) is 0 Å². The molecule has 6 nitrogen and oxygen atoms in total. The maximum atomic E-state index is 12.7. The average molecular weight is 301 g/mol. The van der Waals surface area contributed by atoms with Crippen LogP contribution in [0.1, 0.15) is 18.0 Å². The van der Waals surface area contributed by atoms with Gasteiger partial charge in [-0.25, -0.2) is 4.79 Å². The molecule has 0 saturated carbocycles. The molecule has 1 aromatic rings. The molecule has 116 valence electrons. The number of nitrogens with one attached hydrogen (secondary N) is 1. The van der Waals surface area contributed by atoms with E-state index < -0.39 is 6.04 Å². The first-order valence-corrected chi connectivity index (χ1v) is 7.36. The molecule has 0 fully saturated rings. The van der Waals surface area contributed by atoms with Gasteiger partial charge in [-0.2, -0.15) is 0 Å². The number of carbonyl (C=O) groups is 2. The summed E-state index contributed by atoms with van der Waals surface area (Å²) in [6.45, 7) is 0.955. The van der Waals surface area contributed by atoms with E-state index in [0.29, 0.717) is 25.1 Å². The maximum absolute atomic E-state index is 12.7. The summed E-state index contributed by atoms with van der Waals surface area (Å²) in [4.78, 5) is 28.0. The van der Waals surface area contributed by atoms with Gasteiger partial charge in [0.1, 0.15) is 0 Å². The Morgan fingerprint density at radius 1 is 1.27 bits per heavy atom. The summed E-state index contributed by atoms with van der Waals surface area (Å²) in [6, 6.07) is 8.89. The summed E-state index contributed by atoms with van der Waals surface area (Å²) in [5, 5.41) is 11.9. The number of hydrogen-bond donors (Lipinski definition) is 2. The first-order valence-electron chi connectivity index (χ1n) is 7.36. The Kier molecular flexibility index (Phi) is 3.85.